The van der Waals surface area contributed by atoms with E-state index in [-0.39, 0.29) is 48.0 Å². The molecule has 0 aromatic heterocycles. The van der Waals surface area contributed by atoms with Gasteiger partial charge in [0.1, 0.15) is 91.6 Å². The third kappa shape index (κ3) is 9.45. The molecule has 4 aliphatic carbocycles. The van der Waals surface area contributed by atoms with E-state index in [1.807, 2.05) is 0 Å². The highest BCUT2D eigenvalue weighted by molar-refractivity contribution is 5.17. The zero-order valence-corrected chi connectivity index (χ0v) is 42.4. The van der Waals surface area contributed by atoms with Crippen LogP contribution in [0.2, 0.25) is 0 Å². The van der Waals surface area contributed by atoms with Crippen molar-refractivity contribution in [2.24, 2.45) is 52.3 Å². The molecule has 10 aliphatic rings. The molecule has 6 aliphatic heterocycles. The van der Waals surface area contributed by atoms with Crippen molar-refractivity contribution >= 4 is 0 Å². The number of aliphatic hydroxyl groups is 14. The Balaban J connectivity index is 0.834. The Kier molecular flexibility index (Phi) is 16.4. The van der Waals surface area contributed by atoms with Crippen molar-refractivity contribution in [3.8, 4) is 0 Å². The highest BCUT2D eigenvalue weighted by atomic mass is 16.8. The van der Waals surface area contributed by atoms with E-state index in [0.29, 0.717) is 30.8 Å². The first-order valence-corrected chi connectivity index (χ1v) is 26.9. The second-order valence-corrected chi connectivity index (χ2v) is 24.2. The van der Waals surface area contributed by atoms with E-state index in [1.54, 1.807) is 0 Å². The van der Waals surface area contributed by atoms with Crippen LogP contribution in [0.5, 0.6) is 0 Å². The molecule has 4 saturated carbocycles. The summed E-state index contributed by atoms with van der Waals surface area (Å²) in [4.78, 5) is 0. The van der Waals surface area contributed by atoms with Crippen molar-refractivity contribution in [2.75, 3.05) is 33.0 Å². The lowest BCUT2D eigenvalue weighted by Gasteiger charge is -2.63. The first kappa shape index (κ1) is 56.3. The van der Waals surface area contributed by atoms with Gasteiger partial charge in [0.2, 0.25) is 0 Å². The van der Waals surface area contributed by atoms with Crippen LogP contribution in [0.15, 0.2) is 0 Å². The predicted molar refractivity (Wildman–Crippen MR) is 245 cm³/mol. The number of fused-ring (bicyclic) bond motifs is 7. The van der Waals surface area contributed by atoms with Gasteiger partial charge in [-0.05, 0) is 91.3 Å². The van der Waals surface area contributed by atoms with Crippen molar-refractivity contribution in [1.29, 1.82) is 0 Å². The van der Waals surface area contributed by atoms with Crippen LogP contribution >= 0.6 is 0 Å². The average Bonchev–Trinajstić information content (AvgIpc) is 3.82. The molecule has 426 valence electrons. The normalized spacial score (nSPS) is 58.6. The predicted octanol–water partition coefficient (Wildman–Crippen LogP) is -4.33. The Morgan fingerprint density at radius 2 is 1.12 bits per heavy atom. The standard InChI is InChI=1S/C50H82O24/c1-18-5-8-50(66-16-18)19(2)32-28(74-50)10-22-20-9-24(54)23-11-27(25(55)12-49(23,4)21(20)6-7-48(22,32)3)67-45-40(64)37(61)41(31(15-53)70-45)71-47-43(73-46-39(63)36(60)34(58)29(13-51)68-46)42(35(59)30(14-52)69-47)72-44-38(62)33(57)26(56)17-65-44/h18-47,51-64H,5-17H2,1-4H3/t18?,19-,20?,21?,22?,23+,24+,25+,26+,27+,28-,29+,30+,31+,32-,33-,34+,35+,36-,37+,38+,39+,40+,41-,42-,43+,44-,45+,46-,47-,48-,49+,50+/m0/s1. The minimum atomic E-state index is -2.04. The summed E-state index contributed by atoms with van der Waals surface area (Å²) in [7, 11) is 0. The van der Waals surface area contributed by atoms with Gasteiger partial charge in [0.25, 0.3) is 0 Å². The number of aliphatic hydroxyl groups excluding tert-OH is 14. The second kappa shape index (κ2) is 21.5. The largest absolute Gasteiger partial charge is 0.394 e. The van der Waals surface area contributed by atoms with E-state index in [2.05, 4.69) is 27.7 Å². The summed E-state index contributed by atoms with van der Waals surface area (Å²) in [6, 6.07) is 0. The Morgan fingerprint density at radius 3 is 1.81 bits per heavy atom. The molecular weight excluding hydrogens is 985 g/mol. The van der Waals surface area contributed by atoms with Gasteiger partial charge in [0, 0.05) is 12.3 Å². The molecule has 0 aromatic rings. The van der Waals surface area contributed by atoms with Gasteiger partial charge < -0.3 is 119 Å². The van der Waals surface area contributed by atoms with Crippen molar-refractivity contribution in [2.45, 2.75) is 226 Å². The van der Waals surface area contributed by atoms with Gasteiger partial charge in [-0.25, -0.2) is 0 Å². The summed E-state index contributed by atoms with van der Waals surface area (Å²) in [5, 5.41) is 153. The van der Waals surface area contributed by atoms with Gasteiger partial charge in [-0.2, -0.15) is 0 Å². The van der Waals surface area contributed by atoms with Crippen LogP contribution in [-0.4, -0.2) is 251 Å². The van der Waals surface area contributed by atoms with Crippen molar-refractivity contribution < 1.29 is 119 Å². The minimum absolute atomic E-state index is 0.00497. The van der Waals surface area contributed by atoms with E-state index in [1.165, 1.54) is 0 Å². The van der Waals surface area contributed by atoms with Gasteiger partial charge in [0.05, 0.1) is 57.5 Å². The maximum Gasteiger partial charge on any atom is 0.187 e. The van der Waals surface area contributed by atoms with Crippen LogP contribution in [0.3, 0.4) is 0 Å². The molecule has 6 heterocycles. The van der Waals surface area contributed by atoms with Crippen LogP contribution < -0.4 is 0 Å². The second-order valence-electron chi connectivity index (χ2n) is 24.2. The topological polar surface area (TPSA) is 376 Å². The van der Waals surface area contributed by atoms with Crippen LogP contribution in [0.4, 0.5) is 0 Å². The van der Waals surface area contributed by atoms with E-state index < -0.39 is 173 Å². The van der Waals surface area contributed by atoms with E-state index in [9.17, 15) is 71.5 Å². The number of rotatable bonds is 11. The summed E-state index contributed by atoms with van der Waals surface area (Å²) in [6.45, 7) is 6.60. The SMILES string of the molecule is CC1CC[C@@]2(OC1)O[C@H]1CC3C4C[C@@H](O)[C@H]5C[C@@H](O[C@@H]6O[C@H](CO)[C@H](O[C@@H]7O[C@H](CO)[C@@H](O)[C@H](O[C@@H]8OC[C@@H](O)[C@H](O)[C@H]8O)[C@H]7O[C@@H]7O[C@H](CO)[C@@H](O)[C@H](O)[C@H]7O)[C@H](O)[C@H]6O)[C@H](O)C[C@]5(C)C4CC[C@]3(C)[C@H]1[C@@H]2C. The smallest absolute Gasteiger partial charge is 0.187 e. The summed E-state index contributed by atoms with van der Waals surface area (Å²) in [5.74, 6) is 0.989. The third-order valence-corrected chi connectivity index (χ3v) is 20.0. The highest BCUT2D eigenvalue weighted by Gasteiger charge is 2.70. The first-order valence-electron chi connectivity index (χ1n) is 26.9. The summed E-state index contributed by atoms with van der Waals surface area (Å²) in [6.07, 6.45) is -31.1. The van der Waals surface area contributed by atoms with Gasteiger partial charge >= 0.3 is 0 Å². The molecule has 6 saturated heterocycles. The first-order chi connectivity index (χ1) is 35.1. The van der Waals surface area contributed by atoms with Crippen LogP contribution in [0.25, 0.3) is 0 Å². The van der Waals surface area contributed by atoms with E-state index >= 15 is 0 Å². The van der Waals surface area contributed by atoms with Gasteiger partial charge in [-0.1, -0.05) is 27.7 Å². The summed E-state index contributed by atoms with van der Waals surface area (Å²) in [5.41, 5.74) is -0.460. The van der Waals surface area contributed by atoms with Crippen molar-refractivity contribution in [3.05, 3.63) is 0 Å². The molecule has 33 atom stereocenters. The summed E-state index contributed by atoms with van der Waals surface area (Å²) < 4.78 is 60.9. The molecule has 0 amide bonds. The van der Waals surface area contributed by atoms with E-state index in [0.717, 1.165) is 32.1 Å². The fourth-order valence-electron chi connectivity index (χ4n) is 16.0. The molecule has 0 aromatic carbocycles. The molecule has 0 bridgehead atoms. The minimum Gasteiger partial charge on any atom is -0.394 e. The zero-order chi connectivity index (χ0) is 53.1. The van der Waals surface area contributed by atoms with Crippen molar-refractivity contribution in [1.82, 2.24) is 0 Å². The van der Waals surface area contributed by atoms with Gasteiger partial charge in [-0.3, -0.25) is 0 Å². The fraction of sp³-hybridized carbons (Fsp3) is 1.00. The summed E-state index contributed by atoms with van der Waals surface area (Å²) >= 11 is 0. The highest BCUT2D eigenvalue weighted by Crippen LogP contribution is 2.71. The van der Waals surface area contributed by atoms with E-state index in [4.69, 9.17) is 47.4 Å². The average molecular weight is 1070 g/mol. The Bertz CT molecular complexity index is 1900. The fourth-order valence-corrected chi connectivity index (χ4v) is 16.0. The third-order valence-electron chi connectivity index (χ3n) is 20.0. The molecule has 4 unspecified atom stereocenters. The number of hydrogen-bond donors (Lipinski definition) is 14. The molecule has 24 heteroatoms. The maximum atomic E-state index is 12.1. The monoisotopic (exact) mass is 1070 g/mol. The molecule has 74 heavy (non-hydrogen) atoms. The molecule has 24 nitrogen and oxygen atoms in total. The lowest BCUT2D eigenvalue weighted by molar-refractivity contribution is -0.404. The lowest BCUT2D eigenvalue weighted by Crippen LogP contribution is -2.68. The lowest BCUT2D eigenvalue weighted by atomic mass is 9.43. The molecule has 10 fully saturated rings. The molecule has 10 rings (SSSR count). The Hall–Kier alpha value is -0.960. The van der Waals surface area contributed by atoms with Gasteiger partial charge in [-0.15, -0.1) is 0 Å². The van der Waals surface area contributed by atoms with Crippen LogP contribution in [0.1, 0.15) is 79.1 Å². The zero-order valence-electron chi connectivity index (χ0n) is 42.4. The quantitative estimate of drug-likeness (QED) is 0.0870. The number of hydrogen-bond acceptors (Lipinski definition) is 24. The van der Waals surface area contributed by atoms with Crippen molar-refractivity contribution in [3.63, 3.8) is 0 Å². The Morgan fingerprint density at radius 1 is 0.500 bits per heavy atom. The molecular formula is C50H82O24. The molecule has 14 N–H and O–H groups in total. The maximum absolute atomic E-state index is 12.1. The van der Waals surface area contributed by atoms with Crippen LogP contribution in [-0.2, 0) is 47.4 Å². The van der Waals surface area contributed by atoms with Gasteiger partial charge in [0.15, 0.2) is 30.9 Å². The molecule has 0 radical (unpaired) electrons. The Labute approximate surface area is 429 Å². The number of ether oxygens (including phenoxy) is 10. The molecule has 1 spiro atoms. The van der Waals surface area contributed by atoms with Crippen LogP contribution in [0, 0.1) is 52.3 Å².